The molecule has 0 amide bonds. The van der Waals surface area contributed by atoms with Crippen molar-refractivity contribution >= 4 is 0 Å². The molecule has 0 aromatic carbocycles. The zero-order valence-electron chi connectivity index (χ0n) is 8.00. The number of hydrogen-bond donors (Lipinski definition) is 1. The maximum absolute atomic E-state index is 5.40. The van der Waals surface area contributed by atoms with E-state index >= 15 is 0 Å². The monoisotopic (exact) mass is 186 g/mol. The normalized spacial score (nSPS) is 31.8. The first kappa shape index (κ1) is 9.40. The predicted molar refractivity (Wildman–Crippen MR) is 49.9 cm³/mol. The quantitative estimate of drug-likeness (QED) is 0.619. The molecule has 2 saturated heterocycles. The fourth-order valence-corrected chi connectivity index (χ4v) is 1.83. The summed E-state index contributed by atoms with van der Waals surface area (Å²) in [5.41, 5.74) is 0. The Morgan fingerprint density at radius 3 is 2.69 bits per heavy atom. The SMILES string of the molecule is C1COC[C@@H](CN2CCOCC2)N1. The van der Waals surface area contributed by atoms with E-state index in [2.05, 4.69) is 10.2 Å². The van der Waals surface area contributed by atoms with Crippen LogP contribution in [0.2, 0.25) is 0 Å². The summed E-state index contributed by atoms with van der Waals surface area (Å²) in [6, 6.07) is 0.520. The van der Waals surface area contributed by atoms with Crippen molar-refractivity contribution in [3.8, 4) is 0 Å². The molecular weight excluding hydrogens is 168 g/mol. The highest BCUT2D eigenvalue weighted by Crippen LogP contribution is 2.01. The van der Waals surface area contributed by atoms with Gasteiger partial charge in [-0.3, -0.25) is 4.90 Å². The zero-order valence-corrected chi connectivity index (χ0v) is 8.00. The molecule has 2 rings (SSSR count). The second kappa shape index (κ2) is 4.91. The van der Waals surface area contributed by atoms with Gasteiger partial charge in [0, 0.05) is 32.2 Å². The van der Waals surface area contributed by atoms with Crippen molar-refractivity contribution in [2.45, 2.75) is 6.04 Å². The topological polar surface area (TPSA) is 33.7 Å². The molecule has 1 atom stereocenters. The largest absolute Gasteiger partial charge is 0.379 e. The third-order valence-corrected chi connectivity index (χ3v) is 2.58. The molecular formula is C9H18N2O2. The molecule has 0 bridgehead atoms. The molecule has 2 fully saturated rings. The van der Waals surface area contributed by atoms with E-state index in [1.54, 1.807) is 0 Å². The van der Waals surface area contributed by atoms with E-state index in [-0.39, 0.29) is 0 Å². The van der Waals surface area contributed by atoms with Gasteiger partial charge in [-0.1, -0.05) is 0 Å². The van der Waals surface area contributed by atoms with Crippen LogP contribution in [-0.2, 0) is 9.47 Å². The van der Waals surface area contributed by atoms with Crippen LogP contribution in [0.4, 0.5) is 0 Å². The van der Waals surface area contributed by atoms with Crippen LogP contribution in [0, 0.1) is 0 Å². The lowest BCUT2D eigenvalue weighted by molar-refractivity contribution is 0.0148. The predicted octanol–water partition coefficient (Wildman–Crippen LogP) is -0.693. The molecule has 0 unspecified atom stereocenters. The summed E-state index contributed by atoms with van der Waals surface area (Å²) >= 11 is 0. The Kier molecular flexibility index (Phi) is 3.55. The first-order chi connectivity index (χ1) is 6.45. The molecule has 0 saturated carbocycles. The molecule has 0 aromatic heterocycles. The van der Waals surface area contributed by atoms with Crippen molar-refractivity contribution in [1.29, 1.82) is 0 Å². The molecule has 13 heavy (non-hydrogen) atoms. The Morgan fingerprint density at radius 2 is 2.00 bits per heavy atom. The van der Waals surface area contributed by atoms with Gasteiger partial charge in [-0.25, -0.2) is 0 Å². The maximum atomic E-state index is 5.40. The molecule has 2 aliphatic heterocycles. The third kappa shape index (κ3) is 2.91. The Morgan fingerprint density at radius 1 is 1.15 bits per heavy atom. The van der Waals surface area contributed by atoms with Gasteiger partial charge in [0.2, 0.25) is 0 Å². The number of rotatable bonds is 2. The van der Waals surface area contributed by atoms with Crippen LogP contribution in [0.1, 0.15) is 0 Å². The first-order valence-corrected chi connectivity index (χ1v) is 5.06. The first-order valence-electron chi connectivity index (χ1n) is 5.06. The highest BCUT2D eigenvalue weighted by Gasteiger charge is 2.18. The number of ether oxygens (including phenoxy) is 2. The highest BCUT2D eigenvalue weighted by molar-refractivity contribution is 4.75. The highest BCUT2D eigenvalue weighted by atomic mass is 16.5. The number of morpholine rings is 2. The van der Waals surface area contributed by atoms with Crippen LogP contribution in [0.15, 0.2) is 0 Å². The van der Waals surface area contributed by atoms with Crippen LogP contribution in [0.5, 0.6) is 0 Å². The zero-order chi connectivity index (χ0) is 8.93. The molecule has 4 nitrogen and oxygen atoms in total. The third-order valence-electron chi connectivity index (χ3n) is 2.58. The Hall–Kier alpha value is -0.160. The Bertz CT molecular complexity index is 127. The van der Waals surface area contributed by atoms with Gasteiger partial charge < -0.3 is 14.8 Å². The molecule has 0 aliphatic carbocycles. The molecule has 2 heterocycles. The van der Waals surface area contributed by atoms with Gasteiger partial charge in [0.15, 0.2) is 0 Å². The van der Waals surface area contributed by atoms with Crippen molar-refractivity contribution in [1.82, 2.24) is 10.2 Å². The fraction of sp³-hybridized carbons (Fsp3) is 1.00. The fourth-order valence-electron chi connectivity index (χ4n) is 1.83. The molecule has 0 aromatic rings. The lowest BCUT2D eigenvalue weighted by atomic mass is 10.2. The van der Waals surface area contributed by atoms with E-state index in [4.69, 9.17) is 9.47 Å². The van der Waals surface area contributed by atoms with Gasteiger partial charge in [0.25, 0.3) is 0 Å². The van der Waals surface area contributed by atoms with E-state index in [1.807, 2.05) is 0 Å². The minimum absolute atomic E-state index is 0.520. The Labute approximate surface area is 79.2 Å². The summed E-state index contributed by atoms with van der Waals surface area (Å²) < 4.78 is 10.7. The van der Waals surface area contributed by atoms with Crippen molar-refractivity contribution < 1.29 is 9.47 Å². The Balaban J connectivity index is 1.69. The van der Waals surface area contributed by atoms with Gasteiger partial charge in [-0.2, -0.15) is 0 Å². The molecule has 76 valence electrons. The van der Waals surface area contributed by atoms with E-state index in [9.17, 15) is 0 Å². The summed E-state index contributed by atoms with van der Waals surface area (Å²) in [4.78, 5) is 2.44. The van der Waals surface area contributed by atoms with Crippen LogP contribution in [0.25, 0.3) is 0 Å². The minimum atomic E-state index is 0.520. The van der Waals surface area contributed by atoms with Crippen LogP contribution in [0.3, 0.4) is 0 Å². The lowest BCUT2D eigenvalue weighted by Gasteiger charge is -2.32. The molecule has 1 N–H and O–H groups in total. The van der Waals surface area contributed by atoms with Crippen molar-refractivity contribution in [3.05, 3.63) is 0 Å². The number of hydrogen-bond acceptors (Lipinski definition) is 4. The van der Waals surface area contributed by atoms with Gasteiger partial charge in [-0.15, -0.1) is 0 Å². The summed E-state index contributed by atoms with van der Waals surface area (Å²) in [6.45, 7) is 7.72. The molecule has 0 spiro atoms. The van der Waals surface area contributed by atoms with Crippen molar-refractivity contribution in [3.63, 3.8) is 0 Å². The summed E-state index contributed by atoms with van der Waals surface area (Å²) in [7, 11) is 0. The molecule has 0 radical (unpaired) electrons. The number of nitrogens with zero attached hydrogens (tertiary/aromatic N) is 1. The van der Waals surface area contributed by atoms with Gasteiger partial charge in [0.05, 0.1) is 26.4 Å². The van der Waals surface area contributed by atoms with Gasteiger partial charge in [0.1, 0.15) is 0 Å². The van der Waals surface area contributed by atoms with Crippen LogP contribution < -0.4 is 5.32 Å². The van der Waals surface area contributed by atoms with Crippen LogP contribution in [-0.4, -0.2) is 63.5 Å². The van der Waals surface area contributed by atoms with Gasteiger partial charge in [-0.05, 0) is 0 Å². The van der Waals surface area contributed by atoms with E-state index in [0.717, 1.165) is 52.6 Å². The van der Waals surface area contributed by atoms with Gasteiger partial charge >= 0.3 is 0 Å². The summed E-state index contributed by atoms with van der Waals surface area (Å²) in [6.07, 6.45) is 0. The average molecular weight is 186 g/mol. The van der Waals surface area contributed by atoms with E-state index in [1.165, 1.54) is 0 Å². The second-order valence-electron chi connectivity index (χ2n) is 3.64. The summed E-state index contributed by atoms with van der Waals surface area (Å²) in [5, 5.41) is 3.46. The van der Waals surface area contributed by atoms with E-state index in [0.29, 0.717) is 6.04 Å². The van der Waals surface area contributed by atoms with Crippen molar-refractivity contribution in [2.24, 2.45) is 0 Å². The summed E-state index contributed by atoms with van der Waals surface area (Å²) in [5.74, 6) is 0. The smallest absolute Gasteiger partial charge is 0.0632 e. The number of nitrogens with one attached hydrogen (secondary N) is 1. The molecule has 2 aliphatic rings. The second-order valence-corrected chi connectivity index (χ2v) is 3.64. The maximum Gasteiger partial charge on any atom is 0.0632 e. The van der Waals surface area contributed by atoms with Crippen molar-refractivity contribution in [2.75, 3.05) is 52.6 Å². The lowest BCUT2D eigenvalue weighted by Crippen LogP contribution is -2.50. The minimum Gasteiger partial charge on any atom is -0.379 e. The van der Waals surface area contributed by atoms with E-state index < -0.39 is 0 Å². The average Bonchev–Trinajstić information content (AvgIpc) is 2.21. The standard InChI is InChI=1S/C9H18N2O2/c1-4-13-8-9(10-1)7-11-2-5-12-6-3-11/h9-10H,1-8H2/t9-/m1/s1. The molecule has 4 heteroatoms. The van der Waals surface area contributed by atoms with Crippen LogP contribution >= 0.6 is 0 Å².